The van der Waals surface area contributed by atoms with Crippen LogP contribution in [0.1, 0.15) is 25.7 Å². The highest BCUT2D eigenvalue weighted by molar-refractivity contribution is 7.91. The minimum absolute atomic E-state index is 0.0578. The molecule has 1 aliphatic heterocycles. The van der Waals surface area contributed by atoms with E-state index in [-0.39, 0.29) is 23.3 Å². The maximum atomic E-state index is 11.6. The lowest BCUT2D eigenvalue weighted by Gasteiger charge is -2.20. The summed E-state index contributed by atoms with van der Waals surface area (Å²) in [6, 6.07) is 0.376. The van der Waals surface area contributed by atoms with Crippen LogP contribution in [0.5, 0.6) is 0 Å². The minimum atomic E-state index is -2.84. The van der Waals surface area contributed by atoms with Crippen molar-refractivity contribution in [3.8, 4) is 0 Å². The Labute approximate surface area is 84.0 Å². The quantitative estimate of drug-likeness (QED) is 0.713. The van der Waals surface area contributed by atoms with Crippen molar-refractivity contribution in [1.82, 2.24) is 5.32 Å². The maximum Gasteiger partial charge on any atom is 0.223 e. The normalized spacial score (nSPS) is 27.1. The third kappa shape index (κ3) is 2.47. The predicted molar refractivity (Wildman–Crippen MR) is 52.5 cm³/mol. The number of hydrogen-bond acceptors (Lipinski definition) is 3. The molecule has 4 nitrogen and oxygen atoms in total. The van der Waals surface area contributed by atoms with Gasteiger partial charge >= 0.3 is 0 Å². The van der Waals surface area contributed by atoms with Crippen molar-refractivity contribution in [3.05, 3.63) is 0 Å². The lowest BCUT2D eigenvalue weighted by atomic mass is 10.0. The van der Waals surface area contributed by atoms with Crippen molar-refractivity contribution >= 4 is 15.7 Å². The fourth-order valence-electron chi connectivity index (χ4n) is 1.70. The molecule has 0 radical (unpaired) electrons. The van der Waals surface area contributed by atoms with Gasteiger partial charge in [-0.3, -0.25) is 4.79 Å². The third-order valence-corrected chi connectivity index (χ3v) is 4.56. The van der Waals surface area contributed by atoms with E-state index in [9.17, 15) is 13.2 Å². The van der Waals surface area contributed by atoms with Crippen LogP contribution in [0.2, 0.25) is 0 Å². The first kappa shape index (κ1) is 9.96. The number of amides is 1. The second-order valence-corrected chi connectivity index (χ2v) is 6.51. The molecule has 1 saturated heterocycles. The van der Waals surface area contributed by atoms with E-state index in [1.54, 1.807) is 0 Å². The number of carbonyl (C=O) groups excluding carboxylic acids is 1. The fraction of sp³-hybridized carbons (Fsp3) is 0.889. The van der Waals surface area contributed by atoms with E-state index in [0.717, 1.165) is 12.8 Å². The molecule has 2 fully saturated rings. The van der Waals surface area contributed by atoms with Gasteiger partial charge in [0.1, 0.15) is 9.84 Å². The lowest BCUT2D eigenvalue weighted by molar-refractivity contribution is -0.125. The van der Waals surface area contributed by atoms with Crippen LogP contribution in [0.4, 0.5) is 0 Å². The van der Waals surface area contributed by atoms with Gasteiger partial charge in [0.2, 0.25) is 5.91 Å². The van der Waals surface area contributed by atoms with Crippen molar-refractivity contribution in [2.24, 2.45) is 5.92 Å². The molecule has 0 unspecified atom stereocenters. The van der Waals surface area contributed by atoms with E-state index in [2.05, 4.69) is 5.32 Å². The minimum Gasteiger partial charge on any atom is -0.353 e. The SMILES string of the molecule is O=C(NC1CC1)C1CCS(=O)(=O)CC1. The van der Waals surface area contributed by atoms with E-state index in [1.807, 2.05) is 0 Å². The van der Waals surface area contributed by atoms with Gasteiger partial charge in [-0.15, -0.1) is 0 Å². The molecule has 2 aliphatic rings. The number of carbonyl (C=O) groups is 1. The predicted octanol–water partition coefficient (Wildman–Crippen LogP) is 0.0898. The molecule has 0 aromatic rings. The van der Waals surface area contributed by atoms with Crippen LogP contribution >= 0.6 is 0 Å². The standard InChI is InChI=1S/C9H15NO3S/c11-9(10-8-1-2-8)7-3-5-14(12,13)6-4-7/h7-8H,1-6H2,(H,10,11). The van der Waals surface area contributed by atoms with Crippen molar-refractivity contribution in [1.29, 1.82) is 0 Å². The van der Waals surface area contributed by atoms with Gasteiger partial charge in [-0.05, 0) is 25.7 Å². The van der Waals surface area contributed by atoms with Crippen LogP contribution in [-0.2, 0) is 14.6 Å². The Morgan fingerprint density at radius 3 is 2.14 bits per heavy atom. The van der Waals surface area contributed by atoms with Crippen molar-refractivity contribution in [2.45, 2.75) is 31.7 Å². The van der Waals surface area contributed by atoms with Crippen LogP contribution in [-0.4, -0.2) is 31.9 Å². The summed E-state index contributed by atoms with van der Waals surface area (Å²) in [6.45, 7) is 0. The number of nitrogens with one attached hydrogen (secondary N) is 1. The molecular weight excluding hydrogens is 202 g/mol. The maximum absolute atomic E-state index is 11.6. The highest BCUT2D eigenvalue weighted by Crippen LogP contribution is 2.23. The second-order valence-electron chi connectivity index (χ2n) is 4.21. The van der Waals surface area contributed by atoms with E-state index in [1.165, 1.54) is 0 Å². The monoisotopic (exact) mass is 217 g/mol. The molecular formula is C9H15NO3S. The van der Waals surface area contributed by atoms with E-state index < -0.39 is 9.84 Å². The fourth-order valence-corrected chi connectivity index (χ4v) is 3.19. The van der Waals surface area contributed by atoms with Crippen molar-refractivity contribution < 1.29 is 13.2 Å². The molecule has 1 saturated carbocycles. The van der Waals surface area contributed by atoms with Gasteiger partial charge in [-0.1, -0.05) is 0 Å². The molecule has 0 aromatic carbocycles. The molecule has 0 aromatic heterocycles. The molecule has 1 heterocycles. The summed E-state index contributed by atoms with van der Waals surface area (Å²) in [6.07, 6.45) is 3.16. The van der Waals surface area contributed by atoms with E-state index >= 15 is 0 Å². The Morgan fingerprint density at radius 1 is 1.07 bits per heavy atom. The Balaban J connectivity index is 1.84. The zero-order valence-corrected chi connectivity index (χ0v) is 8.85. The number of hydrogen-bond donors (Lipinski definition) is 1. The molecule has 14 heavy (non-hydrogen) atoms. The highest BCUT2D eigenvalue weighted by Gasteiger charge is 2.31. The highest BCUT2D eigenvalue weighted by atomic mass is 32.2. The zero-order chi connectivity index (χ0) is 10.2. The first-order valence-electron chi connectivity index (χ1n) is 5.08. The van der Waals surface area contributed by atoms with Gasteiger partial charge < -0.3 is 5.32 Å². The summed E-state index contributed by atoms with van der Waals surface area (Å²) < 4.78 is 22.2. The number of sulfone groups is 1. The summed E-state index contributed by atoms with van der Waals surface area (Å²) in [5.41, 5.74) is 0. The Bertz CT molecular complexity index is 318. The van der Waals surface area contributed by atoms with Gasteiger partial charge in [-0.2, -0.15) is 0 Å². The molecule has 2 rings (SSSR count). The molecule has 0 bridgehead atoms. The first-order valence-corrected chi connectivity index (χ1v) is 6.90. The summed E-state index contributed by atoms with van der Waals surface area (Å²) in [5.74, 6) is 0.340. The molecule has 0 spiro atoms. The smallest absolute Gasteiger partial charge is 0.223 e. The molecule has 1 aliphatic carbocycles. The largest absolute Gasteiger partial charge is 0.353 e. The summed E-state index contributed by atoms with van der Waals surface area (Å²) >= 11 is 0. The third-order valence-electron chi connectivity index (χ3n) is 2.85. The molecule has 1 N–H and O–H groups in total. The Morgan fingerprint density at radius 2 is 1.64 bits per heavy atom. The van der Waals surface area contributed by atoms with Crippen molar-refractivity contribution in [2.75, 3.05) is 11.5 Å². The van der Waals surface area contributed by atoms with Gasteiger partial charge in [0.05, 0.1) is 11.5 Å². The van der Waals surface area contributed by atoms with Gasteiger partial charge in [0.25, 0.3) is 0 Å². The van der Waals surface area contributed by atoms with Gasteiger partial charge in [0, 0.05) is 12.0 Å². The summed E-state index contributed by atoms with van der Waals surface area (Å²) in [5, 5.41) is 2.92. The van der Waals surface area contributed by atoms with E-state index in [0.29, 0.717) is 18.9 Å². The van der Waals surface area contributed by atoms with Crippen LogP contribution in [0.25, 0.3) is 0 Å². The zero-order valence-electron chi connectivity index (χ0n) is 8.03. The van der Waals surface area contributed by atoms with Gasteiger partial charge in [-0.25, -0.2) is 8.42 Å². The van der Waals surface area contributed by atoms with Gasteiger partial charge in [0.15, 0.2) is 0 Å². The average Bonchev–Trinajstić information content (AvgIpc) is 2.88. The molecule has 5 heteroatoms. The molecule has 0 atom stereocenters. The molecule has 1 amide bonds. The molecule has 80 valence electrons. The van der Waals surface area contributed by atoms with Crippen LogP contribution in [0.3, 0.4) is 0 Å². The van der Waals surface area contributed by atoms with Crippen LogP contribution < -0.4 is 5.32 Å². The van der Waals surface area contributed by atoms with Crippen LogP contribution in [0, 0.1) is 5.92 Å². The topological polar surface area (TPSA) is 63.2 Å². The van der Waals surface area contributed by atoms with Crippen molar-refractivity contribution in [3.63, 3.8) is 0 Å². The summed E-state index contributed by atoms with van der Waals surface area (Å²) in [7, 11) is -2.84. The van der Waals surface area contributed by atoms with Crippen LogP contribution in [0.15, 0.2) is 0 Å². The first-order chi connectivity index (χ1) is 6.57. The lowest BCUT2D eigenvalue weighted by Crippen LogP contribution is -2.37. The van der Waals surface area contributed by atoms with E-state index in [4.69, 9.17) is 0 Å². The Kier molecular flexibility index (Phi) is 2.51. The number of rotatable bonds is 2. The summed E-state index contributed by atoms with van der Waals surface area (Å²) in [4.78, 5) is 11.6. The average molecular weight is 217 g/mol. The Hall–Kier alpha value is -0.580. The second kappa shape index (κ2) is 3.53.